The van der Waals surface area contributed by atoms with Crippen LogP contribution in [0.5, 0.6) is 0 Å². The van der Waals surface area contributed by atoms with Crippen molar-refractivity contribution in [2.24, 2.45) is 0 Å². The van der Waals surface area contributed by atoms with E-state index in [-0.39, 0.29) is 5.91 Å². The molecule has 126 valence electrons. The molecule has 2 aromatic rings. The number of amides is 1. The molecule has 1 aliphatic rings. The lowest BCUT2D eigenvalue weighted by atomic mass is 10.2. The van der Waals surface area contributed by atoms with E-state index in [1.165, 1.54) is 25.7 Å². The summed E-state index contributed by atoms with van der Waals surface area (Å²) in [6, 6.07) is 5.35. The third kappa shape index (κ3) is 4.03. The minimum atomic E-state index is -0.268. The van der Waals surface area contributed by atoms with Crippen LogP contribution in [0.25, 0.3) is 0 Å². The molecule has 1 fully saturated rings. The van der Waals surface area contributed by atoms with Crippen molar-refractivity contribution in [2.45, 2.75) is 32.6 Å². The zero-order valence-electron chi connectivity index (χ0n) is 13.8. The normalized spacial score (nSPS) is 15.0. The summed E-state index contributed by atoms with van der Waals surface area (Å²) in [5, 5.41) is 3.49. The van der Waals surface area contributed by atoms with Gasteiger partial charge in [-0.25, -0.2) is 9.97 Å². The quantitative estimate of drug-likeness (QED) is 0.911. The summed E-state index contributed by atoms with van der Waals surface area (Å²) in [7, 11) is 0. The average molecular weight is 345 g/mol. The SMILES string of the molecule is Cc1cc(Cl)ccc1NC(=O)c1cnc(N2CCCCCC2)cn1. The van der Waals surface area contributed by atoms with Gasteiger partial charge in [0, 0.05) is 23.8 Å². The molecule has 0 unspecified atom stereocenters. The van der Waals surface area contributed by atoms with Crippen molar-refractivity contribution in [3.8, 4) is 0 Å². The molecule has 3 rings (SSSR count). The van der Waals surface area contributed by atoms with E-state index in [0.717, 1.165) is 30.2 Å². The van der Waals surface area contributed by atoms with E-state index in [1.54, 1.807) is 24.5 Å². The van der Waals surface area contributed by atoms with E-state index in [0.29, 0.717) is 10.7 Å². The number of aryl methyl sites for hydroxylation is 1. The van der Waals surface area contributed by atoms with Crippen LogP contribution in [-0.4, -0.2) is 29.0 Å². The van der Waals surface area contributed by atoms with Crippen molar-refractivity contribution < 1.29 is 4.79 Å². The van der Waals surface area contributed by atoms with Gasteiger partial charge in [0.1, 0.15) is 11.5 Å². The second-order valence-corrected chi connectivity index (χ2v) is 6.51. The number of nitrogens with zero attached hydrogens (tertiary/aromatic N) is 3. The molecule has 1 N–H and O–H groups in total. The molecular weight excluding hydrogens is 324 g/mol. The molecule has 1 amide bonds. The van der Waals surface area contributed by atoms with E-state index in [1.807, 2.05) is 13.0 Å². The lowest BCUT2D eigenvalue weighted by molar-refractivity contribution is 0.102. The van der Waals surface area contributed by atoms with Gasteiger partial charge in [0.05, 0.1) is 12.4 Å². The third-order valence-electron chi connectivity index (χ3n) is 4.24. The van der Waals surface area contributed by atoms with Crippen molar-refractivity contribution in [3.63, 3.8) is 0 Å². The zero-order valence-corrected chi connectivity index (χ0v) is 14.5. The number of carbonyl (C=O) groups excluding carboxylic acids is 1. The predicted octanol–water partition coefficient (Wildman–Crippen LogP) is 4.07. The summed E-state index contributed by atoms with van der Waals surface area (Å²) in [5.74, 6) is 0.575. The Balaban J connectivity index is 1.69. The topological polar surface area (TPSA) is 58.1 Å². The van der Waals surface area contributed by atoms with Crippen LogP contribution in [0, 0.1) is 6.92 Å². The number of halogens is 1. The first-order valence-corrected chi connectivity index (χ1v) is 8.66. The summed E-state index contributed by atoms with van der Waals surface area (Å²) in [5.41, 5.74) is 1.94. The molecule has 6 heteroatoms. The van der Waals surface area contributed by atoms with E-state index < -0.39 is 0 Å². The van der Waals surface area contributed by atoms with Gasteiger partial charge >= 0.3 is 0 Å². The van der Waals surface area contributed by atoms with Crippen LogP contribution in [0.4, 0.5) is 11.5 Å². The number of hydrogen-bond acceptors (Lipinski definition) is 4. The highest BCUT2D eigenvalue weighted by atomic mass is 35.5. The van der Waals surface area contributed by atoms with Crippen LogP contribution >= 0.6 is 11.6 Å². The lowest BCUT2D eigenvalue weighted by Gasteiger charge is -2.20. The van der Waals surface area contributed by atoms with Gasteiger partial charge in [-0.1, -0.05) is 24.4 Å². The van der Waals surface area contributed by atoms with Gasteiger partial charge in [0.2, 0.25) is 0 Å². The molecule has 1 aromatic carbocycles. The Morgan fingerprint density at radius 2 is 1.88 bits per heavy atom. The number of hydrogen-bond donors (Lipinski definition) is 1. The highest BCUT2D eigenvalue weighted by molar-refractivity contribution is 6.30. The van der Waals surface area contributed by atoms with E-state index >= 15 is 0 Å². The second kappa shape index (κ2) is 7.62. The summed E-state index contributed by atoms with van der Waals surface area (Å²) in [6.07, 6.45) is 8.13. The van der Waals surface area contributed by atoms with Gasteiger partial charge in [-0.15, -0.1) is 0 Å². The highest BCUT2D eigenvalue weighted by Crippen LogP contribution is 2.20. The van der Waals surface area contributed by atoms with E-state index in [9.17, 15) is 4.79 Å². The third-order valence-corrected chi connectivity index (χ3v) is 4.47. The Morgan fingerprint density at radius 3 is 2.50 bits per heavy atom. The van der Waals surface area contributed by atoms with Gasteiger partial charge in [0.15, 0.2) is 0 Å². The minimum absolute atomic E-state index is 0.268. The fourth-order valence-electron chi connectivity index (χ4n) is 2.86. The Kier molecular flexibility index (Phi) is 5.30. The fourth-order valence-corrected chi connectivity index (χ4v) is 3.08. The van der Waals surface area contributed by atoms with Crippen molar-refractivity contribution in [1.82, 2.24) is 9.97 Å². The summed E-state index contributed by atoms with van der Waals surface area (Å²) >= 11 is 5.93. The standard InChI is InChI=1S/C18H21ClN4O/c1-13-10-14(19)6-7-15(13)22-18(24)16-11-21-17(12-20-16)23-8-4-2-3-5-9-23/h6-7,10-12H,2-5,8-9H2,1H3,(H,22,24). The maximum atomic E-state index is 12.3. The number of benzene rings is 1. The molecule has 1 saturated heterocycles. The maximum absolute atomic E-state index is 12.3. The van der Waals surface area contributed by atoms with E-state index in [4.69, 9.17) is 11.6 Å². The largest absolute Gasteiger partial charge is 0.355 e. The zero-order chi connectivity index (χ0) is 16.9. The first-order chi connectivity index (χ1) is 11.6. The van der Waals surface area contributed by atoms with Gasteiger partial charge < -0.3 is 10.2 Å². The Labute approximate surface area is 147 Å². The van der Waals surface area contributed by atoms with Gasteiger partial charge in [0.25, 0.3) is 5.91 Å². The Hall–Kier alpha value is -2.14. The lowest BCUT2D eigenvalue weighted by Crippen LogP contribution is -2.25. The predicted molar refractivity (Wildman–Crippen MR) is 96.9 cm³/mol. The van der Waals surface area contributed by atoms with Crippen LogP contribution in [0.1, 0.15) is 41.7 Å². The van der Waals surface area contributed by atoms with Crippen molar-refractivity contribution in [3.05, 3.63) is 46.9 Å². The highest BCUT2D eigenvalue weighted by Gasteiger charge is 2.14. The molecule has 0 spiro atoms. The summed E-state index contributed by atoms with van der Waals surface area (Å²) in [4.78, 5) is 23.3. The number of rotatable bonds is 3. The summed E-state index contributed by atoms with van der Waals surface area (Å²) in [6.45, 7) is 3.91. The molecule has 5 nitrogen and oxygen atoms in total. The maximum Gasteiger partial charge on any atom is 0.275 e. The average Bonchev–Trinajstić information content (AvgIpc) is 2.87. The molecule has 24 heavy (non-hydrogen) atoms. The molecular formula is C18H21ClN4O. The van der Waals surface area contributed by atoms with Crippen LogP contribution in [-0.2, 0) is 0 Å². The number of nitrogens with one attached hydrogen (secondary N) is 1. The van der Waals surface area contributed by atoms with E-state index in [2.05, 4.69) is 20.2 Å². The minimum Gasteiger partial charge on any atom is -0.355 e. The Morgan fingerprint density at radius 1 is 1.12 bits per heavy atom. The smallest absolute Gasteiger partial charge is 0.275 e. The first kappa shape index (κ1) is 16.7. The van der Waals surface area contributed by atoms with Crippen LogP contribution in [0.2, 0.25) is 5.02 Å². The monoisotopic (exact) mass is 344 g/mol. The molecule has 0 radical (unpaired) electrons. The van der Waals surface area contributed by atoms with Crippen LogP contribution < -0.4 is 10.2 Å². The summed E-state index contributed by atoms with van der Waals surface area (Å²) < 4.78 is 0. The van der Waals surface area contributed by atoms with Gasteiger partial charge in [-0.2, -0.15) is 0 Å². The molecule has 2 heterocycles. The van der Waals surface area contributed by atoms with Crippen molar-refractivity contribution in [2.75, 3.05) is 23.3 Å². The fraction of sp³-hybridized carbons (Fsp3) is 0.389. The molecule has 0 bridgehead atoms. The van der Waals surface area contributed by atoms with Gasteiger partial charge in [-0.05, 0) is 43.5 Å². The molecule has 0 atom stereocenters. The number of aromatic nitrogens is 2. The Bertz CT molecular complexity index is 709. The number of anilines is 2. The molecule has 1 aliphatic heterocycles. The van der Waals surface area contributed by atoms with Crippen LogP contribution in [0.3, 0.4) is 0 Å². The van der Waals surface area contributed by atoms with Crippen molar-refractivity contribution in [1.29, 1.82) is 0 Å². The molecule has 0 saturated carbocycles. The first-order valence-electron chi connectivity index (χ1n) is 8.28. The van der Waals surface area contributed by atoms with Crippen molar-refractivity contribution >= 4 is 29.0 Å². The molecule has 1 aromatic heterocycles. The number of carbonyl (C=O) groups is 1. The second-order valence-electron chi connectivity index (χ2n) is 6.07. The van der Waals surface area contributed by atoms with Crippen LogP contribution in [0.15, 0.2) is 30.6 Å². The van der Waals surface area contributed by atoms with Gasteiger partial charge in [-0.3, -0.25) is 4.79 Å². The molecule has 0 aliphatic carbocycles.